The Labute approximate surface area is 88.5 Å². The van der Waals surface area contributed by atoms with Crippen LogP contribution in [0.25, 0.3) is 0 Å². The lowest BCUT2D eigenvalue weighted by molar-refractivity contribution is 0.519. The summed E-state index contributed by atoms with van der Waals surface area (Å²) in [5, 5.41) is 0. The predicted octanol–water partition coefficient (Wildman–Crippen LogP) is 2.98. The molecule has 1 rings (SSSR count). The van der Waals surface area contributed by atoms with Crippen molar-refractivity contribution in [3.05, 3.63) is 34.3 Å². The first-order valence-corrected chi connectivity index (χ1v) is 5.50. The minimum atomic E-state index is 0.620. The van der Waals surface area contributed by atoms with E-state index in [4.69, 9.17) is 5.73 Å². The molecule has 0 aliphatic heterocycles. The van der Waals surface area contributed by atoms with Crippen LogP contribution in [0.3, 0.4) is 0 Å². The molecule has 0 heterocycles. The fourth-order valence-electron chi connectivity index (χ4n) is 1.39. The third kappa shape index (κ3) is 3.49. The van der Waals surface area contributed by atoms with Crippen LogP contribution in [0, 0.1) is 5.92 Å². The molecule has 0 aromatic heterocycles. The molecule has 1 aromatic rings. The van der Waals surface area contributed by atoms with E-state index in [1.807, 2.05) is 6.07 Å². The van der Waals surface area contributed by atoms with Gasteiger partial charge in [-0.1, -0.05) is 41.4 Å². The topological polar surface area (TPSA) is 26.0 Å². The van der Waals surface area contributed by atoms with Crippen molar-refractivity contribution in [3.63, 3.8) is 0 Å². The van der Waals surface area contributed by atoms with Gasteiger partial charge >= 0.3 is 0 Å². The Bertz CT molecular complexity index is 256. The summed E-state index contributed by atoms with van der Waals surface area (Å²) in [6.07, 6.45) is 2.25. The highest BCUT2D eigenvalue weighted by atomic mass is 79.9. The molecule has 0 aliphatic carbocycles. The van der Waals surface area contributed by atoms with Crippen LogP contribution >= 0.6 is 15.9 Å². The zero-order valence-electron chi connectivity index (χ0n) is 7.96. The lowest BCUT2D eigenvalue weighted by atomic mass is 9.97. The molecule has 0 saturated heterocycles. The second-order valence-electron chi connectivity index (χ2n) is 3.34. The molecule has 1 aromatic carbocycles. The van der Waals surface area contributed by atoms with E-state index in [1.54, 1.807) is 0 Å². The van der Waals surface area contributed by atoms with E-state index in [9.17, 15) is 0 Å². The second-order valence-corrected chi connectivity index (χ2v) is 4.26. The van der Waals surface area contributed by atoms with Crippen LogP contribution in [0.1, 0.15) is 18.9 Å². The number of hydrogen-bond acceptors (Lipinski definition) is 1. The highest BCUT2D eigenvalue weighted by Gasteiger charge is 2.04. The van der Waals surface area contributed by atoms with Crippen LogP contribution in [-0.4, -0.2) is 6.54 Å². The van der Waals surface area contributed by atoms with E-state index in [1.165, 1.54) is 5.56 Å². The maximum absolute atomic E-state index is 5.66. The molecule has 0 fully saturated rings. The summed E-state index contributed by atoms with van der Waals surface area (Å²) in [6.45, 7) is 2.97. The van der Waals surface area contributed by atoms with Gasteiger partial charge in [0.15, 0.2) is 0 Å². The summed E-state index contributed by atoms with van der Waals surface area (Å²) < 4.78 is 1.15. The lowest BCUT2D eigenvalue weighted by Gasteiger charge is -2.11. The largest absolute Gasteiger partial charge is 0.330 e. The minimum absolute atomic E-state index is 0.620. The third-order valence-electron chi connectivity index (χ3n) is 2.32. The molecule has 0 spiro atoms. The predicted molar refractivity (Wildman–Crippen MR) is 60.7 cm³/mol. The van der Waals surface area contributed by atoms with Gasteiger partial charge < -0.3 is 5.73 Å². The van der Waals surface area contributed by atoms with Crippen LogP contribution in [0.5, 0.6) is 0 Å². The van der Waals surface area contributed by atoms with Crippen molar-refractivity contribution in [2.75, 3.05) is 6.54 Å². The van der Waals surface area contributed by atoms with Crippen molar-refractivity contribution >= 4 is 15.9 Å². The van der Waals surface area contributed by atoms with Crippen molar-refractivity contribution in [2.24, 2.45) is 11.7 Å². The molecule has 1 atom stereocenters. The van der Waals surface area contributed by atoms with Crippen molar-refractivity contribution in [3.8, 4) is 0 Å². The van der Waals surface area contributed by atoms with Gasteiger partial charge in [0.1, 0.15) is 0 Å². The van der Waals surface area contributed by atoms with Gasteiger partial charge in [-0.2, -0.15) is 0 Å². The zero-order valence-corrected chi connectivity index (χ0v) is 9.55. The number of hydrogen-bond donors (Lipinski definition) is 1. The Hall–Kier alpha value is -0.340. The Morgan fingerprint density at radius 2 is 2.23 bits per heavy atom. The summed E-state index contributed by atoms with van der Waals surface area (Å²) in [5.41, 5.74) is 7.02. The smallest absolute Gasteiger partial charge is 0.0177 e. The van der Waals surface area contributed by atoms with Gasteiger partial charge in [-0.3, -0.25) is 0 Å². The molecular formula is C11H16BrN. The summed E-state index contributed by atoms with van der Waals surface area (Å²) in [4.78, 5) is 0. The summed E-state index contributed by atoms with van der Waals surface area (Å²) in [7, 11) is 0. The Morgan fingerprint density at radius 3 is 2.77 bits per heavy atom. The molecule has 2 N–H and O–H groups in total. The molecule has 2 heteroatoms. The van der Waals surface area contributed by atoms with Crippen molar-refractivity contribution in [2.45, 2.75) is 19.8 Å². The van der Waals surface area contributed by atoms with Gasteiger partial charge in [0.2, 0.25) is 0 Å². The van der Waals surface area contributed by atoms with Gasteiger partial charge in [-0.05, 0) is 36.6 Å². The van der Waals surface area contributed by atoms with Crippen LogP contribution in [0.15, 0.2) is 28.7 Å². The number of halogens is 1. The maximum atomic E-state index is 5.66. The van der Waals surface area contributed by atoms with E-state index in [0.717, 1.165) is 23.9 Å². The normalized spacial score (nSPS) is 12.8. The minimum Gasteiger partial charge on any atom is -0.330 e. The first kappa shape index (κ1) is 10.7. The summed E-state index contributed by atoms with van der Waals surface area (Å²) in [5.74, 6) is 0.620. The van der Waals surface area contributed by atoms with E-state index in [0.29, 0.717) is 5.92 Å². The van der Waals surface area contributed by atoms with Gasteiger partial charge in [0.05, 0.1) is 0 Å². The van der Waals surface area contributed by atoms with Crippen LogP contribution in [0.4, 0.5) is 0 Å². The number of benzene rings is 1. The molecule has 13 heavy (non-hydrogen) atoms. The van der Waals surface area contributed by atoms with Gasteiger partial charge in [0.25, 0.3) is 0 Å². The van der Waals surface area contributed by atoms with Crippen LogP contribution < -0.4 is 5.73 Å². The van der Waals surface area contributed by atoms with Crippen LogP contribution in [-0.2, 0) is 6.42 Å². The molecular weight excluding hydrogens is 226 g/mol. The van der Waals surface area contributed by atoms with Gasteiger partial charge in [-0.25, -0.2) is 0 Å². The second kappa shape index (κ2) is 5.40. The Kier molecular flexibility index (Phi) is 4.46. The first-order valence-electron chi connectivity index (χ1n) is 4.70. The van der Waals surface area contributed by atoms with Crippen LogP contribution in [0.2, 0.25) is 0 Å². The van der Waals surface area contributed by atoms with Crippen molar-refractivity contribution < 1.29 is 0 Å². The number of rotatable bonds is 4. The average molecular weight is 242 g/mol. The van der Waals surface area contributed by atoms with E-state index in [2.05, 4.69) is 41.1 Å². The molecule has 0 amide bonds. The molecule has 0 radical (unpaired) electrons. The van der Waals surface area contributed by atoms with Gasteiger partial charge in [0, 0.05) is 4.47 Å². The molecule has 1 nitrogen and oxygen atoms in total. The third-order valence-corrected chi connectivity index (χ3v) is 2.82. The van der Waals surface area contributed by atoms with Crippen molar-refractivity contribution in [1.82, 2.24) is 0 Å². The standard InChI is InChI=1S/C11H16BrN/c1-2-9(8-13)6-10-4-3-5-11(12)7-10/h3-5,7,9H,2,6,8,13H2,1H3/t9-/m0/s1. The molecule has 0 aliphatic rings. The quantitative estimate of drug-likeness (QED) is 0.862. The zero-order chi connectivity index (χ0) is 9.68. The fourth-order valence-corrected chi connectivity index (χ4v) is 1.84. The van der Waals surface area contributed by atoms with E-state index in [-0.39, 0.29) is 0 Å². The maximum Gasteiger partial charge on any atom is 0.0177 e. The number of nitrogens with two attached hydrogens (primary N) is 1. The summed E-state index contributed by atoms with van der Waals surface area (Å²) in [6, 6.07) is 8.44. The monoisotopic (exact) mass is 241 g/mol. The van der Waals surface area contributed by atoms with E-state index >= 15 is 0 Å². The highest BCUT2D eigenvalue weighted by molar-refractivity contribution is 9.10. The average Bonchev–Trinajstić information content (AvgIpc) is 2.14. The molecule has 0 saturated carbocycles. The highest BCUT2D eigenvalue weighted by Crippen LogP contribution is 2.16. The van der Waals surface area contributed by atoms with Gasteiger partial charge in [-0.15, -0.1) is 0 Å². The van der Waals surface area contributed by atoms with Crippen molar-refractivity contribution in [1.29, 1.82) is 0 Å². The summed E-state index contributed by atoms with van der Waals surface area (Å²) >= 11 is 3.46. The fraction of sp³-hybridized carbons (Fsp3) is 0.455. The molecule has 0 unspecified atom stereocenters. The SMILES string of the molecule is CC[C@H](CN)Cc1cccc(Br)c1. The lowest BCUT2D eigenvalue weighted by Crippen LogP contribution is -2.15. The molecule has 72 valence electrons. The van der Waals surface area contributed by atoms with E-state index < -0.39 is 0 Å². The Morgan fingerprint density at radius 1 is 1.46 bits per heavy atom. The Balaban J connectivity index is 2.62. The first-order chi connectivity index (χ1) is 6.26. The molecule has 0 bridgehead atoms.